The zero-order valence-electron chi connectivity index (χ0n) is 20.0. The van der Waals surface area contributed by atoms with Crippen LogP contribution in [0.15, 0.2) is 56.8 Å². The number of rotatable bonds is 6. The van der Waals surface area contributed by atoms with Crippen molar-refractivity contribution in [3.8, 4) is 5.69 Å². The molecule has 1 aliphatic rings. The number of carbonyl (C=O) groups is 1. The van der Waals surface area contributed by atoms with Crippen LogP contribution in [0.2, 0.25) is 0 Å². The number of hydrogen-bond donors (Lipinski definition) is 2. The van der Waals surface area contributed by atoms with Gasteiger partial charge in [-0.25, -0.2) is 9.18 Å². The van der Waals surface area contributed by atoms with Crippen molar-refractivity contribution in [2.45, 2.75) is 32.7 Å². The van der Waals surface area contributed by atoms with Crippen molar-refractivity contribution in [3.63, 3.8) is 0 Å². The molecule has 2 aromatic heterocycles. The third kappa shape index (κ3) is 3.71. The number of amides is 1. The van der Waals surface area contributed by atoms with E-state index in [9.17, 15) is 23.6 Å². The van der Waals surface area contributed by atoms with Crippen LogP contribution in [-0.4, -0.2) is 20.1 Å². The SMILES string of the molecule is Cc1ccc(Nc2c3c(=O)n(C4CC4)c(=O)n(-c4cccc(NC=O)c4)c3c(C)c(=O)n2C)c(F)c1. The summed E-state index contributed by atoms with van der Waals surface area (Å²) in [4.78, 5) is 51.8. The molecule has 0 spiro atoms. The number of nitrogens with zero attached hydrogens (tertiary/aromatic N) is 3. The molecule has 10 heteroatoms. The monoisotopic (exact) mass is 489 g/mol. The Morgan fingerprint density at radius 2 is 1.78 bits per heavy atom. The van der Waals surface area contributed by atoms with Gasteiger partial charge in [-0.05, 0) is 62.6 Å². The number of nitrogens with one attached hydrogen (secondary N) is 2. The second-order valence-electron chi connectivity index (χ2n) is 9.01. The number of pyridine rings is 1. The van der Waals surface area contributed by atoms with Crippen molar-refractivity contribution in [2.24, 2.45) is 7.05 Å². The topological polar surface area (TPSA) is 107 Å². The van der Waals surface area contributed by atoms with Crippen molar-refractivity contribution in [1.29, 1.82) is 0 Å². The molecule has 4 aromatic rings. The van der Waals surface area contributed by atoms with Gasteiger partial charge < -0.3 is 10.6 Å². The highest BCUT2D eigenvalue weighted by molar-refractivity contribution is 5.93. The van der Waals surface area contributed by atoms with Crippen LogP contribution in [-0.2, 0) is 11.8 Å². The fourth-order valence-corrected chi connectivity index (χ4v) is 4.51. The number of aromatic nitrogens is 3. The number of halogens is 1. The fraction of sp³-hybridized carbons (Fsp3) is 0.231. The van der Waals surface area contributed by atoms with Gasteiger partial charge in [0.05, 0.1) is 16.9 Å². The minimum absolute atomic E-state index is 0.0821. The van der Waals surface area contributed by atoms with Gasteiger partial charge in [0.25, 0.3) is 11.1 Å². The molecule has 2 aromatic carbocycles. The van der Waals surface area contributed by atoms with Gasteiger partial charge in [0, 0.05) is 24.3 Å². The second kappa shape index (κ2) is 8.63. The van der Waals surface area contributed by atoms with E-state index in [0.29, 0.717) is 30.6 Å². The lowest BCUT2D eigenvalue weighted by Gasteiger charge is -2.21. The molecular formula is C26H24FN5O4. The lowest BCUT2D eigenvalue weighted by Crippen LogP contribution is -2.41. The summed E-state index contributed by atoms with van der Waals surface area (Å²) in [6.07, 6.45) is 1.87. The van der Waals surface area contributed by atoms with E-state index < -0.39 is 22.6 Å². The third-order valence-electron chi connectivity index (χ3n) is 6.46. The summed E-state index contributed by atoms with van der Waals surface area (Å²) >= 11 is 0. The lowest BCUT2D eigenvalue weighted by atomic mass is 10.1. The number of hydrogen-bond acceptors (Lipinski definition) is 5. The molecule has 2 N–H and O–H groups in total. The summed E-state index contributed by atoms with van der Waals surface area (Å²) in [6.45, 7) is 3.30. The molecule has 9 nitrogen and oxygen atoms in total. The maximum atomic E-state index is 14.8. The third-order valence-corrected chi connectivity index (χ3v) is 6.46. The highest BCUT2D eigenvalue weighted by Crippen LogP contribution is 2.34. The summed E-state index contributed by atoms with van der Waals surface area (Å²) in [5.74, 6) is -0.460. The number of anilines is 3. The summed E-state index contributed by atoms with van der Waals surface area (Å²) < 4.78 is 18.5. The summed E-state index contributed by atoms with van der Waals surface area (Å²) in [7, 11) is 1.49. The van der Waals surface area contributed by atoms with Crippen molar-refractivity contribution in [1.82, 2.24) is 13.7 Å². The molecule has 0 bridgehead atoms. The van der Waals surface area contributed by atoms with Crippen LogP contribution in [0, 0.1) is 19.7 Å². The van der Waals surface area contributed by atoms with E-state index >= 15 is 0 Å². The Hall–Kier alpha value is -4.47. The molecule has 2 heterocycles. The van der Waals surface area contributed by atoms with E-state index in [1.54, 1.807) is 44.2 Å². The predicted molar refractivity (Wildman–Crippen MR) is 136 cm³/mol. The first-order chi connectivity index (χ1) is 17.2. The molecule has 5 rings (SSSR count). The normalized spacial score (nSPS) is 13.1. The van der Waals surface area contributed by atoms with Gasteiger partial charge in [0.2, 0.25) is 6.41 Å². The van der Waals surface area contributed by atoms with Gasteiger partial charge in [-0.15, -0.1) is 0 Å². The fourth-order valence-electron chi connectivity index (χ4n) is 4.51. The number of carbonyl (C=O) groups excluding carboxylic acids is 1. The molecule has 1 amide bonds. The minimum atomic E-state index is -0.581. The Labute approximate surface area is 204 Å². The maximum absolute atomic E-state index is 14.8. The van der Waals surface area contributed by atoms with Crippen molar-refractivity contribution in [2.75, 3.05) is 10.6 Å². The van der Waals surface area contributed by atoms with E-state index in [-0.39, 0.29) is 34.0 Å². The summed E-state index contributed by atoms with van der Waals surface area (Å²) in [5.41, 5.74) is 0.352. The molecule has 184 valence electrons. The largest absolute Gasteiger partial charge is 0.338 e. The zero-order chi connectivity index (χ0) is 25.7. The molecule has 0 radical (unpaired) electrons. The van der Waals surface area contributed by atoms with Crippen LogP contribution in [0.5, 0.6) is 0 Å². The zero-order valence-corrected chi connectivity index (χ0v) is 20.0. The van der Waals surface area contributed by atoms with Crippen LogP contribution in [0.3, 0.4) is 0 Å². The minimum Gasteiger partial charge on any atom is -0.338 e. The number of aryl methyl sites for hydroxylation is 2. The maximum Gasteiger partial charge on any atom is 0.336 e. The highest BCUT2D eigenvalue weighted by atomic mass is 19.1. The standard InChI is InChI=1S/C26H24FN5O4/c1-14-7-10-20(19(27)11-14)29-23-21-22(15(2)24(34)30(23)3)31(18-6-4-5-16(12-18)28-13-33)26(36)32(25(21)35)17-8-9-17/h4-7,10-13,17,29H,8-9H2,1-3H3,(H,28,33). The molecule has 0 aliphatic heterocycles. The highest BCUT2D eigenvalue weighted by Gasteiger charge is 2.31. The molecule has 1 saturated carbocycles. The summed E-state index contributed by atoms with van der Waals surface area (Å²) in [6, 6.07) is 10.9. The van der Waals surface area contributed by atoms with Crippen LogP contribution in [0.4, 0.5) is 21.6 Å². The van der Waals surface area contributed by atoms with Crippen molar-refractivity contribution in [3.05, 3.63) is 90.6 Å². The smallest absolute Gasteiger partial charge is 0.336 e. The van der Waals surface area contributed by atoms with E-state index in [2.05, 4.69) is 10.6 Å². The molecule has 1 fully saturated rings. The van der Waals surface area contributed by atoms with Gasteiger partial charge in [-0.2, -0.15) is 0 Å². The Balaban J connectivity index is 1.92. The molecule has 0 atom stereocenters. The lowest BCUT2D eigenvalue weighted by molar-refractivity contribution is -0.105. The first-order valence-corrected chi connectivity index (χ1v) is 11.5. The van der Waals surface area contributed by atoms with E-state index in [4.69, 9.17) is 0 Å². The quantitative estimate of drug-likeness (QED) is 0.405. The average molecular weight is 490 g/mol. The van der Waals surface area contributed by atoms with Gasteiger partial charge in [-0.3, -0.25) is 28.1 Å². The molecule has 1 aliphatic carbocycles. The Morgan fingerprint density at radius 1 is 1.03 bits per heavy atom. The predicted octanol–water partition coefficient (Wildman–Crippen LogP) is 3.25. The van der Waals surface area contributed by atoms with Crippen LogP contribution in [0.1, 0.15) is 30.0 Å². The first-order valence-electron chi connectivity index (χ1n) is 11.5. The van der Waals surface area contributed by atoms with E-state index in [0.717, 1.165) is 5.56 Å². The average Bonchev–Trinajstić information content (AvgIpc) is 3.67. The summed E-state index contributed by atoms with van der Waals surface area (Å²) in [5, 5.41) is 5.58. The Morgan fingerprint density at radius 3 is 2.44 bits per heavy atom. The van der Waals surface area contributed by atoms with Gasteiger partial charge >= 0.3 is 5.69 Å². The van der Waals surface area contributed by atoms with Gasteiger partial charge in [0.1, 0.15) is 17.0 Å². The van der Waals surface area contributed by atoms with Crippen molar-refractivity contribution < 1.29 is 9.18 Å². The molecule has 0 unspecified atom stereocenters. The van der Waals surface area contributed by atoms with Crippen LogP contribution < -0.4 is 27.4 Å². The Bertz CT molecular complexity index is 1730. The van der Waals surface area contributed by atoms with E-state index in [1.165, 1.54) is 32.9 Å². The number of benzene rings is 2. The van der Waals surface area contributed by atoms with Crippen LogP contribution in [0.25, 0.3) is 16.6 Å². The van der Waals surface area contributed by atoms with Crippen LogP contribution >= 0.6 is 0 Å². The van der Waals surface area contributed by atoms with Gasteiger partial charge in [-0.1, -0.05) is 12.1 Å². The number of fused-ring (bicyclic) bond motifs is 1. The molecule has 0 saturated heterocycles. The first kappa shape index (κ1) is 23.3. The Kier molecular flexibility index (Phi) is 5.58. The second-order valence-corrected chi connectivity index (χ2v) is 9.01. The van der Waals surface area contributed by atoms with Crippen molar-refractivity contribution >= 4 is 34.5 Å². The van der Waals surface area contributed by atoms with E-state index in [1.807, 2.05) is 0 Å². The van der Waals surface area contributed by atoms with Gasteiger partial charge in [0.15, 0.2) is 0 Å². The molecule has 36 heavy (non-hydrogen) atoms. The molecular weight excluding hydrogens is 465 g/mol.